The molecule has 6 nitrogen and oxygen atoms in total. The molecule has 2 aromatic rings. The molecule has 1 unspecified atom stereocenters. The van der Waals surface area contributed by atoms with E-state index in [1.54, 1.807) is 7.11 Å². The minimum atomic E-state index is -0.192. The molecule has 1 aromatic heterocycles. The van der Waals surface area contributed by atoms with Crippen LogP contribution in [0.1, 0.15) is 56.6 Å². The lowest BCUT2D eigenvalue weighted by Gasteiger charge is -2.30. The molecule has 0 fully saturated rings. The maximum absolute atomic E-state index is 12.2. The van der Waals surface area contributed by atoms with Gasteiger partial charge in [-0.2, -0.15) is 0 Å². The number of aromatic nitrogens is 1. The van der Waals surface area contributed by atoms with E-state index < -0.39 is 0 Å². The highest BCUT2D eigenvalue weighted by Crippen LogP contribution is 2.19. The smallest absolute Gasteiger partial charge is 0.273 e. The lowest BCUT2D eigenvalue weighted by atomic mass is 10.0. The fourth-order valence-corrected chi connectivity index (χ4v) is 2.78. The van der Waals surface area contributed by atoms with Crippen LogP contribution in [0.5, 0.6) is 5.75 Å². The van der Waals surface area contributed by atoms with E-state index >= 15 is 0 Å². The van der Waals surface area contributed by atoms with Crippen molar-refractivity contribution in [1.29, 1.82) is 0 Å². The van der Waals surface area contributed by atoms with Crippen molar-refractivity contribution in [3.8, 4) is 5.75 Å². The number of rotatable bonds is 10. The molecule has 0 bridgehead atoms. The molecule has 0 aliphatic carbocycles. The number of benzene rings is 1. The molecule has 2 rings (SSSR count). The van der Waals surface area contributed by atoms with Crippen LogP contribution in [-0.4, -0.2) is 35.5 Å². The monoisotopic (exact) mass is 387 g/mol. The Labute approximate surface area is 168 Å². The van der Waals surface area contributed by atoms with Crippen LogP contribution in [0.2, 0.25) is 0 Å². The predicted octanol–water partition coefficient (Wildman–Crippen LogP) is 4.12. The summed E-state index contributed by atoms with van der Waals surface area (Å²) < 4.78 is 10.8. The average Bonchev–Trinajstić information content (AvgIpc) is 3.14. The molecule has 28 heavy (non-hydrogen) atoms. The Hall–Kier alpha value is -2.34. The molecular weight excluding hydrogens is 354 g/mol. The zero-order chi connectivity index (χ0) is 20.7. The zero-order valence-electron chi connectivity index (χ0n) is 17.9. The van der Waals surface area contributed by atoms with Gasteiger partial charge < -0.3 is 14.5 Å². The molecule has 1 heterocycles. The molecule has 1 aromatic carbocycles. The summed E-state index contributed by atoms with van der Waals surface area (Å²) in [5.74, 6) is 2.07. The van der Waals surface area contributed by atoms with Crippen molar-refractivity contribution in [3.05, 3.63) is 47.7 Å². The summed E-state index contributed by atoms with van der Waals surface area (Å²) in [6.45, 7) is 12.6. The number of nitrogens with zero attached hydrogens (tertiary/aromatic N) is 2. The van der Waals surface area contributed by atoms with Gasteiger partial charge >= 0.3 is 0 Å². The van der Waals surface area contributed by atoms with Gasteiger partial charge in [-0.3, -0.25) is 9.69 Å². The molecule has 6 heteroatoms. The summed E-state index contributed by atoms with van der Waals surface area (Å²) in [7, 11) is 1.67. The second kappa shape index (κ2) is 10.3. The average molecular weight is 388 g/mol. The number of amides is 1. The highest BCUT2D eigenvalue weighted by Gasteiger charge is 2.21. The molecule has 0 radical (unpaired) electrons. The van der Waals surface area contributed by atoms with E-state index in [1.165, 1.54) is 11.8 Å². The quantitative estimate of drug-likeness (QED) is 0.664. The van der Waals surface area contributed by atoms with Crippen molar-refractivity contribution in [2.45, 2.75) is 53.8 Å². The van der Waals surface area contributed by atoms with Crippen molar-refractivity contribution in [2.24, 2.45) is 11.8 Å². The van der Waals surface area contributed by atoms with Gasteiger partial charge in [0.2, 0.25) is 5.89 Å². The number of hydrogen-bond acceptors (Lipinski definition) is 5. The predicted molar refractivity (Wildman–Crippen MR) is 110 cm³/mol. The van der Waals surface area contributed by atoms with Gasteiger partial charge in [0, 0.05) is 19.1 Å². The first-order valence-corrected chi connectivity index (χ1v) is 9.89. The van der Waals surface area contributed by atoms with Crippen molar-refractivity contribution >= 4 is 5.91 Å². The molecule has 0 aliphatic heterocycles. The molecule has 154 valence electrons. The molecule has 0 spiro atoms. The van der Waals surface area contributed by atoms with Gasteiger partial charge in [-0.1, -0.05) is 39.8 Å². The Bertz CT molecular complexity index is 738. The highest BCUT2D eigenvalue weighted by molar-refractivity contribution is 5.91. The van der Waals surface area contributed by atoms with Crippen LogP contribution in [0.4, 0.5) is 0 Å². The minimum absolute atomic E-state index is 0.192. The van der Waals surface area contributed by atoms with E-state index in [4.69, 9.17) is 9.15 Å². The molecule has 1 N–H and O–H groups in total. The minimum Gasteiger partial charge on any atom is -0.497 e. The van der Waals surface area contributed by atoms with Crippen LogP contribution < -0.4 is 10.1 Å². The molecule has 1 amide bonds. The second-order valence-corrected chi connectivity index (χ2v) is 7.97. The van der Waals surface area contributed by atoms with Crippen LogP contribution >= 0.6 is 0 Å². The maximum Gasteiger partial charge on any atom is 0.273 e. The van der Waals surface area contributed by atoms with Crippen LogP contribution in [-0.2, 0) is 13.1 Å². The third-order valence-corrected chi connectivity index (χ3v) is 4.88. The summed E-state index contributed by atoms with van der Waals surface area (Å²) in [6, 6.07) is 8.40. The van der Waals surface area contributed by atoms with E-state index in [-0.39, 0.29) is 5.91 Å². The Balaban J connectivity index is 2.08. The number of oxazole rings is 1. The molecule has 1 atom stereocenters. The van der Waals surface area contributed by atoms with Gasteiger partial charge in [-0.15, -0.1) is 0 Å². The Morgan fingerprint density at radius 3 is 2.39 bits per heavy atom. The first-order chi connectivity index (χ1) is 13.3. The van der Waals surface area contributed by atoms with Gasteiger partial charge in [0.05, 0.1) is 13.7 Å². The van der Waals surface area contributed by atoms with Gasteiger partial charge in [0.1, 0.15) is 12.0 Å². The highest BCUT2D eigenvalue weighted by atomic mass is 16.5. The summed E-state index contributed by atoms with van der Waals surface area (Å²) >= 11 is 0. The Kier molecular flexibility index (Phi) is 8.05. The SMILES string of the molecule is COc1ccc(CN(Cc2nc(C(=O)NCC(C)C)co2)C(C)C(C)C)cc1. The fraction of sp³-hybridized carbons (Fsp3) is 0.545. The first kappa shape index (κ1) is 22.0. The maximum atomic E-state index is 12.2. The van der Waals surface area contributed by atoms with Gasteiger partial charge in [-0.25, -0.2) is 4.98 Å². The van der Waals surface area contributed by atoms with Crippen LogP contribution in [0, 0.1) is 11.8 Å². The number of hydrogen-bond donors (Lipinski definition) is 1. The van der Waals surface area contributed by atoms with E-state index in [9.17, 15) is 4.79 Å². The number of methoxy groups -OCH3 is 1. The van der Waals surface area contributed by atoms with E-state index in [2.05, 4.69) is 62.0 Å². The Morgan fingerprint density at radius 2 is 1.82 bits per heavy atom. The number of carbonyl (C=O) groups excluding carboxylic acids is 1. The van der Waals surface area contributed by atoms with Crippen molar-refractivity contribution < 1.29 is 13.9 Å². The van der Waals surface area contributed by atoms with Crippen molar-refractivity contribution in [3.63, 3.8) is 0 Å². The Morgan fingerprint density at radius 1 is 1.14 bits per heavy atom. The number of nitrogens with one attached hydrogen (secondary N) is 1. The number of carbonyl (C=O) groups is 1. The molecular formula is C22H33N3O3. The largest absolute Gasteiger partial charge is 0.497 e. The number of ether oxygens (including phenoxy) is 1. The van der Waals surface area contributed by atoms with Crippen molar-refractivity contribution in [1.82, 2.24) is 15.2 Å². The van der Waals surface area contributed by atoms with Crippen LogP contribution in [0.25, 0.3) is 0 Å². The lowest BCUT2D eigenvalue weighted by molar-refractivity contribution is 0.0943. The molecule has 0 saturated carbocycles. The fourth-order valence-electron chi connectivity index (χ4n) is 2.78. The topological polar surface area (TPSA) is 67.6 Å². The van der Waals surface area contributed by atoms with Crippen LogP contribution in [0.3, 0.4) is 0 Å². The standard InChI is InChI=1S/C22H33N3O3/c1-15(2)11-23-22(26)20-14-28-21(24-20)13-25(17(5)16(3)4)12-18-7-9-19(27-6)10-8-18/h7-10,14-17H,11-13H2,1-6H3,(H,23,26). The third-order valence-electron chi connectivity index (χ3n) is 4.88. The summed E-state index contributed by atoms with van der Waals surface area (Å²) in [5, 5.41) is 2.87. The molecule has 0 aliphatic rings. The summed E-state index contributed by atoms with van der Waals surface area (Å²) in [4.78, 5) is 18.9. The van der Waals surface area contributed by atoms with Crippen molar-refractivity contribution in [2.75, 3.05) is 13.7 Å². The van der Waals surface area contributed by atoms with E-state index in [1.807, 2.05) is 12.1 Å². The van der Waals surface area contributed by atoms with Gasteiger partial charge in [0.25, 0.3) is 5.91 Å². The van der Waals surface area contributed by atoms with Gasteiger partial charge in [0.15, 0.2) is 5.69 Å². The van der Waals surface area contributed by atoms with Crippen LogP contribution in [0.15, 0.2) is 34.9 Å². The zero-order valence-corrected chi connectivity index (χ0v) is 17.9. The lowest BCUT2D eigenvalue weighted by Crippen LogP contribution is -2.36. The van der Waals surface area contributed by atoms with E-state index in [0.717, 1.165) is 12.3 Å². The third kappa shape index (κ3) is 6.37. The summed E-state index contributed by atoms with van der Waals surface area (Å²) in [6.07, 6.45) is 1.44. The van der Waals surface area contributed by atoms with E-state index in [0.29, 0.717) is 42.6 Å². The second-order valence-electron chi connectivity index (χ2n) is 7.97. The normalized spacial score (nSPS) is 12.6. The molecule has 0 saturated heterocycles. The summed E-state index contributed by atoms with van der Waals surface area (Å²) in [5.41, 5.74) is 1.52. The first-order valence-electron chi connectivity index (χ1n) is 9.89. The van der Waals surface area contributed by atoms with Gasteiger partial charge in [-0.05, 0) is 36.5 Å².